The van der Waals surface area contributed by atoms with Crippen LogP contribution in [0.4, 0.5) is 15.8 Å². The molecule has 21 heavy (non-hydrogen) atoms. The molecule has 2 rings (SSSR count). The van der Waals surface area contributed by atoms with Crippen molar-refractivity contribution >= 4 is 28.9 Å². The lowest BCUT2D eigenvalue weighted by Gasteiger charge is -2.15. The molecule has 3 N–H and O–H groups in total. The highest BCUT2D eigenvalue weighted by Crippen LogP contribution is 2.20. The Morgan fingerprint density at radius 1 is 1.33 bits per heavy atom. The van der Waals surface area contributed by atoms with Crippen molar-refractivity contribution in [3.63, 3.8) is 0 Å². The molecular formula is C15H14ClFN2O2. The Morgan fingerprint density at radius 3 is 2.81 bits per heavy atom. The van der Waals surface area contributed by atoms with E-state index in [2.05, 4.69) is 5.32 Å². The van der Waals surface area contributed by atoms with Gasteiger partial charge in [-0.15, -0.1) is 0 Å². The van der Waals surface area contributed by atoms with Crippen molar-refractivity contribution < 1.29 is 13.9 Å². The van der Waals surface area contributed by atoms with Gasteiger partial charge >= 0.3 is 0 Å². The molecule has 2 aromatic rings. The lowest BCUT2D eigenvalue weighted by Crippen LogP contribution is -2.30. The Hall–Kier alpha value is -2.27. The second-order valence-electron chi connectivity index (χ2n) is 4.45. The summed E-state index contributed by atoms with van der Waals surface area (Å²) in [5.41, 5.74) is 5.93. The number of ether oxygens (including phenoxy) is 1. The van der Waals surface area contributed by atoms with Crippen molar-refractivity contribution in [1.82, 2.24) is 0 Å². The third-order valence-electron chi connectivity index (χ3n) is 2.73. The van der Waals surface area contributed by atoms with Gasteiger partial charge in [0, 0.05) is 10.7 Å². The van der Waals surface area contributed by atoms with Gasteiger partial charge in [0.25, 0.3) is 5.91 Å². The summed E-state index contributed by atoms with van der Waals surface area (Å²) in [6.07, 6.45) is -0.815. The van der Waals surface area contributed by atoms with Crippen molar-refractivity contribution in [3.05, 3.63) is 53.3 Å². The van der Waals surface area contributed by atoms with Crippen LogP contribution >= 0.6 is 11.6 Å². The fourth-order valence-electron chi connectivity index (χ4n) is 1.67. The Kier molecular flexibility index (Phi) is 4.65. The third-order valence-corrected chi connectivity index (χ3v) is 2.96. The molecule has 1 atom stereocenters. The molecule has 1 amide bonds. The Bertz CT molecular complexity index is 664. The molecule has 0 radical (unpaired) electrons. The molecule has 110 valence electrons. The summed E-state index contributed by atoms with van der Waals surface area (Å²) in [7, 11) is 0. The first-order chi connectivity index (χ1) is 9.95. The van der Waals surface area contributed by atoms with Crippen LogP contribution in [-0.2, 0) is 4.79 Å². The highest BCUT2D eigenvalue weighted by atomic mass is 35.5. The quantitative estimate of drug-likeness (QED) is 0.850. The van der Waals surface area contributed by atoms with Gasteiger partial charge in [-0.1, -0.05) is 17.7 Å². The van der Waals surface area contributed by atoms with Crippen molar-refractivity contribution in [1.29, 1.82) is 0 Å². The zero-order chi connectivity index (χ0) is 15.4. The van der Waals surface area contributed by atoms with Crippen LogP contribution in [0.2, 0.25) is 5.02 Å². The standard InChI is InChI=1S/C15H14ClFN2O2/c1-9(21-12-4-2-3-10(16)7-12)15(20)19-14-8-11(18)5-6-13(14)17/h2-9H,18H2,1H3,(H,19,20). The smallest absolute Gasteiger partial charge is 0.265 e. The summed E-state index contributed by atoms with van der Waals surface area (Å²) in [6.45, 7) is 1.56. The predicted octanol–water partition coefficient (Wildman–Crippen LogP) is 3.47. The van der Waals surface area contributed by atoms with Gasteiger partial charge in [-0.2, -0.15) is 0 Å². The number of benzene rings is 2. The van der Waals surface area contributed by atoms with E-state index in [1.165, 1.54) is 18.2 Å². The number of carbonyl (C=O) groups excluding carboxylic acids is 1. The van der Waals surface area contributed by atoms with Gasteiger partial charge < -0.3 is 15.8 Å². The first-order valence-corrected chi connectivity index (χ1v) is 6.61. The number of amides is 1. The molecule has 0 aliphatic rings. The molecular weight excluding hydrogens is 295 g/mol. The Balaban J connectivity index is 2.04. The van der Waals surface area contributed by atoms with Gasteiger partial charge in [-0.25, -0.2) is 4.39 Å². The fourth-order valence-corrected chi connectivity index (χ4v) is 1.85. The lowest BCUT2D eigenvalue weighted by atomic mass is 10.2. The Morgan fingerprint density at radius 2 is 2.10 bits per heavy atom. The van der Waals surface area contributed by atoms with Crippen LogP contribution in [0.25, 0.3) is 0 Å². The highest BCUT2D eigenvalue weighted by molar-refractivity contribution is 6.30. The number of nitrogens with one attached hydrogen (secondary N) is 1. The van der Waals surface area contributed by atoms with Gasteiger partial charge in [0.05, 0.1) is 5.69 Å². The molecule has 4 nitrogen and oxygen atoms in total. The fraction of sp³-hybridized carbons (Fsp3) is 0.133. The van der Waals surface area contributed by atoms with E-state index in [1.807, 2.05) is 0 Å². The van der Waals surface area contributed by atoms with E-state index in [1.54, 1.807) is 31.2 Å². The molecule has 0 saturated carbocycles. The van der Waals surface area contributed by atoms with Crippen LogP contribution in [0.3, 0.4) is 0 Å². The maximum Gasteiger partial charge on any atom is 0.265 e. The van der Waals surface area contributed by atoms with E-state index < -0.39 is 17.8 Å². The van der Waals surface area contributed by atoms with E-state index in [-0.39, 0.29) is 5.69 Å². The van der Waals surface area contributed by atoms with E-state index in [0.29, 0.717) is 16.5 Å². The van der Waals surface area contributed by atoms with Crippen LogP contribution in [-0.4, -0.2) is 12.0 Å². The largest absolute Gasteiger partial charge is 0.481 e. The van der Waals surface area contributed by atoms with Crippen molar-refractivity contribution in [3.8, 4) is 5.75 Å². The maximum absolute atomic E-state index is 13.5. The minimum Gasteiger partial charge on any atom is -0.481 e. The zero-order valence-electron chi connectivity index (χ0n) is 11.3. The molecule has 0 aliphatic heterocycles. The second kappa shape index (κ2) is 6.45. The molecule has 2 aromatic carbocycles. The lowest BCUT2D eigenvalue weighted by molar-refractivity contribution is -0.122. The minimum absolute atomic E-state index is 0.0153. The summed E-state index contributed by atoms with van der Waals surface area (Å²) >= 11 is 5.83. The summed E-state index contributed by atoms with van der Waals surface area (Å²) < 4.78 is 19.0. The highest BCUT2D eigenvalue weighted by Gasteiger charge is 2.16. The number of carbonyl (C=O) groups is 1. The summed E-state index contributed by atoms with van der Waals surface area (Å²) in [5.74, 6) is -0.592. The predicted molar refractivity (Wildman–Crippen MR) is 81.0 cm³/mol. The molecule has 0 bridgehead atoms. The number of rotatable bonds is 4. The number of nitrogens with two attached hydrogens (primary N) is 1. The molecule has 0 aromatic heterocycles. The normalized spacial score (nSPS) is 11.8. The van der Waals surface area contributed by atoms with Gasteiger partial charge in [0.15, 0.2) is 6.10 Å². The van der Waals surface area contributed by atoms with Crippen LogP contribution in [0.15, 0.2) is 42.5 Å². The second-order valence-corrected chi connectivity index (χ2v) is 4.88. The zero-order valence-corrected chi connectivity index (χ0v) is 12.0. The third kappa shape index (κ3) is 4.10. The van der Waals surface area contributed by atoms with E-state index in [4.69, 9.17) is 22.1 Å². The van der Waals surface area contributed by atoms with E-state index in [0.717, 1.165) is 0 Å². The molecule has 0 aliphatic carbocycles. The number of hydrogen-bond acceptors (Lipinski definition) is 3. The molecule has 1 unspecified atom stereocenters. The van der Waals surface area contributed by atoms with E-state index >= 15 is 0 Å². The van der Waals surface area contributed by atoms with Gasteiger partial charge in [0.2, 0.25) is 0 Å². The van der Waals surface area contributed by atoms with Crippen LogP contribution in [0.5, 0.6) is 5.75 Å². The van der Waals surface area contributed by atoms with Crippen molar-refractivity contribution in [2.45, 2.75) is 13.0 Å². The number of anilines is 2. The maximum atomic E-state index is 13.5. The molecule has 6 heteroatoms. The molecule has 0 saturated heterocycles. The van der Waals surface area contributed by atoms with Crippen molar-refractivity contribution in [2.75, 3.05) is 11.1 Å². The average Bonchev–Trinajstić information content (AvgIpc) is 2.43. The Labute approximate surface area is 126 Å². The number of halogens is 2. The molecule has 0 heterocycles. The van der Waals surface area contributed by atoms with Crippen LogP contribution in [0.1, 0.15) is 6.92 Å². The first kappa shape index (κ1) is 15.1. The van der Waals surface area contributed by atoms with Gasteiger partial charge in [-0.3, -0.25) is 4.79 Å². The molecule has 0 spiro atoms. The van der Waals surface area contributed by atoms with Crippen LogP contribution < -0.4 is 15.8 Å². The summed E-state index contributed by atoms with van der Waals surface area (Å²) in [6, 6.07) is 10.6. The minimum atomic E-state index is -0.815. The van der Waals surface area contributed by atoms with Crippen LogP contribution in [0, 0.1) is 5.82 Å². The first-order valence-electron chi connectivity index (χ1n) is 6.24. The SMILES string of the molecule is CC(Oc1cccc(Cl)c1)C(=O)Nc1cc(N)ccc1F. The van der Waals surface area contributed by atoms with E-state index in [9.17, 15) is 9.18 Å². The monoisotopic (exact) mass is 308 g/mol. The average molecular weight is 309 g/mol. The number of hydrogen-bond donors (Lipinski definition) is 2. The van der Waals surface area contributed by atoms with Crippen molar-refractivity contribution in [2.24, 2.45) is 0 Å². The summed E-state index contributed by atoms with van der Waals surface area (Å²) in [4.78, 5) is 12.0. The summed E-state index contributed by atoms with van der Waals surface area (Å²) in [5, 5.41) is 2.94. The van der Waals surface area contributed by atoms with Gasteiger partial charge in [-0.05, 0) is 43.3 Å². The number of nitrogen functional groups attached to an aromatic ring is 1. The van der Waals surface area contributed by atoms with Gasteiger partial charge in [0.1, 0.15) is 11.6 Å². The topological polar surface area (TPSA) is 64.3 Å². The molecule has 0 fully saturated rings.